The minimum absolute atomic E-state index is 0.0966. The van der Waals surface area contributed by atoms with Gasteiger partial charge < -0.3 is 25.0 Å². The van der Waals surface area contributed by atoms with Crippen LogP contribution in [-0.4, -0.2) is 91.0 Å². The fraction of sp³-hybridized carbons (Fsp3) is 0.579. The third-order valence-corrected chi connectivity index (χ3v) is 4.97. The van der Waals surface area contributed by atoms with Crippen LogP contribution in [0.15, 0.2) is 18.2 Å². The quantitative estimate of drug-likeness (QED) is 0.570. The molecule has 1 amide bonds. The van der Waals surface area contributed by atoms with Gasteiger partial charge >= 0.3 is 5.97 Å². The van der Waals surface area contributed by atoms with E-state index in [1.807, 2.05) is 0 Å². The maximum atomic E-state index is 12.4. The average Bonchev–Trinajstić information content (AvgIpc) is 2.69. The molecule has 2 heterocycles. The number of carbonyl (C=O) groups excluding carboxylic acids is 1. The summed E-state index contributed by atoms with van der Waals surface area (Å²) in [5.41, 5.74) is 0.552. The van der Waals surface area contributed by atoms with E-state index in [-0.39, 0.29) is 18.9 Å². The van der Waals surface area contributed by atoms with E-state index in [4.69, 9.17) is 14.6 Å². The molecule has 0 saturated carbocycles. The van der Waals surface area contributed by atoms with Crippen molar-refractivity contribution in [3.63, 3.8) is 0 Å². The van der Waals surface area contributed by atoms with Crippen LogP contribution in [0.5, 0.6) is 11.5 Å². The smallest absolute Gasteiger partial charge is 0.308 e. The van der Waals surface area contributed by atoms with Crippen LogP contribution in [0.1, 0.15) is 6.42 Å². The molecule has 3 N–H and O–H groups in total. The van der Waals surface area contributed by atoms with Crippen molar-refractivity contribution in [3.8, 4) is 11.5 Å². The number of aliphatic hydroxyl groups excluding tert-OH is 1. The zero-order valence-electron chi connectivity index (χ0n) is 15.8. The molecular formula is C19H27N3O6. The number of nitrogens with zero attached hydrogens (tertiary/aromatic N) is 2. The number of anilines is 1. The normalized spacial score (nSPS) is 18.5. The summed E-state index contributed by atoms with van der Waals surface area (Å²) < 4.78 is 10.9. The number of benzene rings is 1. The number of carboxylic acid groups (broad SMARTS) is 1. The Bertz CT molecular complexity index is 690. The first kappa shape index (κ1) is 20.4. The lowest BCUT2D eigenvalue weighted by Gasteiger charge is -2.35. The molecule has 0 radical (unpaired) electrons. The third-order valence-electron chi connectivity index (χ3n) is 4.97. The highest BCUT2D eigenvalue weighted by molar-refractivity contribution is 5.93. The summed E-state index contributed by atoms with van der Waals surface area (Å²) in [5.74, 6) is -0.896. The number of hydrogen-bond donors (Lipinski definition) is 3. The molecular weight excluding hydrogens is 366 g/mol. The summed E-state index contributed by atoms with van der Waals surface area (Å²) in [5, 5.41) is 21.3. The number of β-amino-alcohol motifs (C(OH)–C–C–N with tert-alkyl or cyclic N) is 1. The molecule has 1 saturated heterocycles. The highest BCUT2D eigenvalue weighted by Crippen LogP contribution is 2.32. The van der Waals surface area contributed by atoms with Gasteiger partial charge in [-0.2, -0.15) is 0 Å². The number of amides is 1. The lowest BCUT2D eigenvalue weighted by molar-refractivity contribution is -0.144. The number of carbonyl (C=O) groups is 2. The van der Waals surface area contributed by atoms with Crippen LogP contribution in [0.25, 0.3) is 0 Å². The van der Waals surface area contributed by atoms with Crippen molar-refractivity contribution in [2.75, 3.05) is 64.4 Å². The number of fused-ring (bicyclic) bond motifs is 1. The molecule has 1 fully saturated rings. The predicted molar refractivity (Wildman–Crippen MR) is 102 cm³/mol. The first-order chi connectivity index (χ1) is 13.5. The van der Waals surface area contributed by atoms with E-state index in [9.17, 15) is 14.7 Å². The van der Waals surface area contributed by atoms with Gasteiger partial charge in [-0.25, -0.2) is 0 Å². The third kappa shape index (κ3) is 5.57. The largest absolute Gasteiger partial charge is 0.486 e. The van der Waals surface area contributed by atoms with E-state index in [1.165, 1.54) is 0 Å². The summed E-state index contributed by atoms with van der Waals surface area (Å²) >= 11 is 0. The van der Waals surface area contributed by atoms with Gasteiger partial charge in [0.05, 0.1) is 12.5 Å². The molecule has 1 aromatic carbocycles. The van der Waals surface area contributed by atoms with E-state index in [2.05, 4.69) is 15.1 Å². The van der Waals surface area contributed by atoms with Gasteiger partial charge in [-0.05, 0) is 12.1 Å². The van der Waals surface area contributed by atoms with E-state index < -0.39 is 11.9 Å². The Hall–Kier alpha value is -2.36. The number of rotatable bonds is 8. The number of aliphatic hydroxyl groups is 1. The SMILES string of the molecule is O=C(C[C@@H](CN1CCN(CCO)CC1)C(=O)O)Nc1ccc2c(c1)OCCO2. The molecule has 154 valence electrons. The van der Waals surface area contributed by atoms with Gasteiger partial charge in [0.25, 0.3) is 0 Å². The monoisotopic (exact) mass is 393 g/mol. The predicted octanol–water partition coefficient (Wildman–Crippen LogP) is 0.0971. The molecule has 1 atom stereocenters. The molecule has 0 aromatic heterocycles. The summed E-state index contributed by atoms with van der Waals surface area (Å²) in [6, 6.07) is 5.12. The van der Waals surface area contributed by atoms with Gasteiger partial charge in [0.2, 0.25) is 5.91 Å². The first-order valence-corrected chi connectivity index (χ1v) is 9.53. The van der Waals surface area contributed by atoms with Gasteiger partial charge in [0.1, 0.15) is 13.2 Å². The number of ether oxygens (including phenoxy) is 2. The molecule has 0 spiro atoms. The number of nitrogens with one attached hydrogen (secondary N) is 1. The zero-order chi connectivity index (χ0) is 19.9. The number of hydrogen-bond acceptors (Lipinski definition) is 7. The molecule has 9 nitrogen and oxygen atoms in total. The van der Waals surface area contributed by atoms with Crippen LogP contribution in [0, 0.1) is 5.92 Å². The minimum atomic E-state index is -0.977. The lowest BCUT2D eigenvalue weighted by Crippen LogP contribution is -2.49. The van der Waals surface area contributed by atoms with Crippen LogP contribution in [-0.2, 0) is 9.59 Å². The van der Waals surface area contributed by atoms with Gasteiger partial charge in [0.15, 0.2) is 11.5 Å². The fourth-order valence-corrected chi connectivity index (χ4v) is 3.44. The molecule has 0 bridgehead atoms. The molecule has 2 aliphatic heterocycles. The van der Waals surface area contributed by atoms with Crippen LogP contribution in [0.4, 0.5) is 5.69 Å². The van der Waals surface area contributed by atoms with Crippen LogP contribution >= 0.6 is 0 Å². The summed E-state index contributed by atoms with van der Waals surface area (Å²) in [7, 11) is 0. The minimum Gasteiger partial charge on any atom is -0.486 e. The summed E-state index contributed by atoms with van der Waals surface area (Å²) in [6.45, 7) is 5.07. The molecule has 2 aliphatic rings. The van der Waals surface area contributed by atoms with Gasteiger partial charge in [-0.3, -0.25) is 19.4 Å². The van der Waals surface area contributed by atoms with Gasteiger partial charge in [0, 0.05) is 57.4 Å². The second kappa shape index (κ2) is 9.72. The van der Waals surface area contributed by atoms with Crippen molar-refractivity contribution in [1.82, 2.24) is 9.80 Å². The lowest BCUT2D eigenvalue weighted by atomic mass is 10.0. The molecule has 1 aromatic rings. The van der Waals surface area contributed by atoms with Crippen LogP contribution < -0.4 is 14.8 Å². The van der Waals surface area contributed by atoms with Crippen molar-refractivity contribution < 1.29 is 29.3 Å². The zero-order valence-corrected chi connectivity index (χ0v) is 15.8. The molecule has 0 unspecified atom stereocenters. The molecule has 0 aliphatic carbocycles. The van der Waals surface area contributed by atoms with Crippen molar-refractivity contribution in [1.29, 1.82) is 0 Å². The second-order valence-corrected chi connectivity index (χ2v) is 7.01. The van der Waals surface area contributed by atoms with Crippen molar-refractivity contribution >= 4 is 17.6 Å². The summed E-state index contributed by atoms with van der Waals surface area (Å²) in [4.78, 5) is 28.2. The highest BCUT2D eigenvalue weighted by Gasteiger charge is 2.26. The van der Waals surface area contributed by atoms with Crippen LogP contribution in [0.2, 0.25) is 0 Å². The Kier molecular flexibility index (Phi) is 7.07. The number of aliphatic carboxylic acids is 1. The Morgan fingerprint density at radius 1 is 1.07 bits per heavy atom. The van der Waals surface area contributed by atoms with E-state index in [0.717, 1.165) is 26.2 Å². The van der Waals surface area contributed by atoms with Crippen molar-refractivity contribution in [2.24, 2.45) is 5.92 Å². The summed E-state index contributed by atoms with van der Waals surface area (Å²) in [6.07, 6.45) is -0.0966. The Balaban J connectivity index is 1.51. The highest BCUT2D eigenvalue weighted by atomic mass is 16.6. The average molecular weight is 393 g/mol. The van der Waals surface area contributed by atoms with Gasteiger partial charge in [-0.1, -0.05) is 0 Å². The molecule has 9 heteroatoms. The van der Waals surface area contributed by atoms with E-state index >= 15 is 0 Å². The first-order valence-electron chi connectivity index (χ1n) is 9.53. The Labute approximate surface area is 163 Å². The van der Waals surface area contributed by atoms with E-state index in [1.54, 1.807) is 18.2 Å². The van der Waals surface area contributed by atoms with Crippen molar-refractivity contribution in [2.45, 2.75) is 6.42 Å². The van der Waals surface area contributed by atoms with E-state index in [0.29, 0.717) is 43.5 Å². The van der Waals surface area contributed by atoms with Crippen LogP contribution in [0.3, 0.4) is 0 Å². The fourth-order valence-electron chi connectivity index (χ4n) is 3.44. The second-order valence-electron chi connectivity index (χ2n) is 7.01. The maximum absolute atomic E-state index is 12.4. The number of carboxylic acids is 1. The van der Waals surface area contributed by atoms with Crippen molar-refractivity contribution in [3.05, 3.63) is 18.2 Å². The topological polar surface area (TPSA) is 112 Å². The maximum Gasteiger partial charge on any atom is 0.308 e. The Morgan fingerprint density at radius 2 is 1.75 bits per heavy atom. The molecule has 3 rings (SSSR count). The molecule has 28 heavy (non-hydrogen) atoms. The van der Waals surface area contributed by atoms with Gasteiger partial charge in [-0.15, -0.1) is 0 Å². The number of piperazine rings is 1. The standard InChI is InChI=1S/C19H27N3O6/c23-8-7-21-3-5-22(6-4-21)13-14(19(25)26)11-18(24)20-15-1-2-16-17(12-15)28-10-9-27-16/h1-2,12,14,23H,3-11,13H2,(H,20,24)(H,25,26)/t14-/m0/s1. The Morgan fingerprint density at radius 3 is 2.43 bits per heavy atom.